The first-order valence-electron chi connectivity index (χ1n) is 7.49. The third kappa shape index (κ3) is 1.58. The molecule has 0 N–H and O–H groups in total. The van der Waals surface area contributed by atoms with Crippen molar-refractivity contribution in [1.29, 1.82) is 0 Å². The zero-order valence-electron chi connectivity index (χ0n) is 12.7. The van der Waals surface area contributed by atoms with Crippen LogP contribution in [0.1, 0.15) is 5.56 Å². The molecule has 0 saturated heterocycles. The molecular formula is C18H12N2O3S. The van der Waals surface area contributed by atoms with Crippen molar-refractivity contribution in [1.82, 2.24) is 4.98 Å². The highest BCUT2D eigenvalue weighted by Crippen LogP contribution is 2.56. The summed E-state index contributed by atoms with van der Waals surface area (Å²) in [6.07, 6.45) is 1.60. The smallest absolute Gasteiger partial charge is 0.212 e. The maximum Gasteiger partial charge on any atom is 0.212 e. The van der Waals surface area contributed by atoms with Crippen molar-refractivity contribution in [2.24, 2.45) is 0 Å². The Morgan fingerprint density at radius 3 is 2.71 bits per heavy atom. The van der Waals surface area contributed by atoms with E-state index in [0.29, 0.717) is 23.0 Å². The van der Waals surface area contributed by atoms with E-state index >= 15 is 0 Å². The van der Waals surface area contributed by atoms with Gasteiger partial charge in [-0.1, -0.05) is 12.1 Å². The molecule has 0 atom stereocenters. The van der Waals surface area contributed by atoms with Crippen LogP contribution in [0, 0.1) is 6.92 Å². The van der Waals surface area contributed by atoms with E-state index in [4.69, 9.17) is 4.74 Å². The van der Waals surface area contributed by atoms with Crippen molar-refractivity contribution >= 4 is 27.0 Å². The molecule has 2 aliphatic rings. The van der Waals surface area contributed by atoms with Gasteiger partial charge in [0.2, 0.25) is 9.84 Å². The largest absolute Gasteiger partial charge is 0.453 e. The molecule has 3 heterocycles. The number of ether oxygens (including phenoxy) is 1. The highest BCUT2D eigenvalue weighted by atomic mass is 32.2. The Morgan fingerprint density at radius 1 is 1.00 bits per heavy atom. The molecule has 5 rings (SSSR count). The highest BCUT2D eigenvalue weighted by Gasteiger charge is 2.40. The predicted molar refractivity (Wildman–Crippen MR) is 89.2 cm³/mol. The van der Waals surface area contributed by atoms with Crippen LogP contribution in [0.4, 0.5) is 17.2 Å². The molecule has 2 aliphatic heterocycles. The van der Waals surface area contributed by atoms with Gasteiger partial charge < -0.3 is 4.74 Å². The van der Waals surface area contributed by atoms with Gasteiger partial charge in [-0.3, -0.25) is 4.90 Å². The van der Waals surface area contributed by atoms with Crippen LogP contribution in [0.25, 0.3) is 0 Å². The number of hydrogen-bond donors (Lipinski definition) is 0. The minimum atomic E-state index is -3.63. The van der Waals surface area contributed by atoms with Crippen LogP contribution in [0.5, 0.6) is 11.5 Å². The van der Waals surface area contributed by atoms with Crippen molar-refractivity contribution in [3.8, 4) is 11.5 Å². The average Bonchev–Trinajstić information content (AvgIpc) is 2.58. The summed E-state index contributed by atoms with van der Waals surface area (Å²) >= 11 is 0. The lowest BCUT2D eigenvalue weighted by Crippen LogP contribution is -2.26. The summed E-state index contributed by atoms with van der Waals surface area (Å²) in [5.74, 6) is 1.61. The highest BCUT2D eigenvalue weighted by molar-refractivity contribution is 7.92. The molecule has 1 aromatic heterocycles. The number of sulfone groups is 1. The zero-order chi connectivity index (χ0) is 16.5. The van der Waals surface area contributed by atoms with Gasteiger partial charge >= 0.3 is 0 Å². The number of aromatic nitrogens is 1. The number of fused-ring (bicyclic) bond motifs is 4. The average molecular weight is 336 g/mol. The fraction of sp³-hybridized carbons (Fsp3) is 0.0556. The van der Waals surface area contributed by atoms with Crippen molar-refractivity contribution < 1.29 is 13.2 Å². The number of aryl methyl sites for hydroxylation is 1. The second-order valence-corrected chi connectivity index (χ2v) is 7.73. The Morgan fingerprint density at radius 2 is 1.83 bits per heavy atom. The molecule has 5 nitrogen and oxygen atoms in total. The summed E-state index contributed by atoms with van der Waals surface area (Å²) in [6.45, 7) is 1.99. The van der Waals surface area contributed by atoms with Crippen LogP contribution in [0.2, 0.25) is 0 Å². The van der Waals surface area contributed by atoms with Gasteiger partial charge in [-0.05, 0) is 48.9 Å². The van der Waals surface area contributed by atoms with Crippen LogP contribution in [-0.2, 0) is 9.84 Å². The lowest BCUT2D eigenvalue weighted by atomic mass is 10.1. The predicted octanol–water partition coefficient (Wildman–Crippen LogP) is 4.11. The molecular weight excluding hydrogens is 324 g/mol. The maximum absolute atomic E-state index is 13.0. The lowest BCUT2D eigenvalue weighted by molar-refractivity contribution is 0.473. The third-order valence-corrected chi connectivity index (χ3v) is 6.11. The van der Waals surface area contributed by atoms with Gasteiger partial charge in [0.1, 0.15) is 10.6 Å². The van der Waals surface area contributed by atoms with E-state index in [1.165, 1.54) is 0 Å². The summed E-state index contributed by atoms with van der Waals surface area (Å²) in [5.41, 5.74) is 2.38. The molecule has 0 unspecified atom stereocenters. The summed E-state index contributed by atoms with van der Waals surface area (Å²) in [6, 6.07) is 14.2. The summed E-state index contributed by atoms with van der Waals surface area (Å²) in [7, 11) is -3.63. The SMILES string of the molecule is Cc1ccc2c(c1)N1c3ncccc3S(=O)(=O)c3cccc(c31)O2. The molecule has 0 fully saturated rings. The quantitative estimate of drug-likeness (QED) is 0.426. The number of anilines is 3. The van der Waals surface area contributed by atoms with E-state index in [1.54, 1.807) is 36.5 Å². The first kappa shape index (κ1) is 13.6. The molecule has 2 aromatic carbocycles. The van der Waals surface area contributed by atoms with E-state index in [2.05, 4.69) is 4.98 Å². The van der Waals surface area contributed by atoms with Gasteiger partial charge in [0.05, 0.1) is 10.6 Å². The van der Waals surface area contributed by atoms with E-state index < -0.39 is 9.84 Å². The molecule has 0 radical (unpaired) electrons. The minimum Gasteiger partial charge on any atom is -0.453 e. The molecule has 0 aliphatic carbocycles. The van der Waals surface area contributed by atoms with Crippen LogP contribution in [-0.4, -0.2) is 13.4 Å². The number of rotatable bonds is 0. The van der Waals surface area contributed by atoms with Crippen LogP contribution in [0.15, 0.2) is 64.5 Å². The van der Waals surface area contributed by atoms with Crippen molar-refractivity contribution in [3.05, 3.63) is 60.3 Å². The van der Waals surface area contributed by atoms with Gasteiger partial charge in [0.25, 0.3) is 0 Å². The molecule has 3 aromatic rings. The van der Waals surface area contributed by atoms with E-state index in [-0.39, 0.29) is 9.79 Å². The van der Waals surface area contributed by atoms with Gasteiger partial charge in [-0.25, -0.2) is 13.4 Å². The second kappa shape index (κ2) is 4.36. The topological polar surface area (TPSA) is 59.5 Å². The lowest BCUT2D eigenvalue weighted by Gasteiger charge is -2.37. The summed E-state index contributed by atoms with van der Waals surface area (Å²) in [5, 5.41) is 0. The van der Waals surface area contributed by atoms with Crippen molar-refractivity contribution in [2.75, 3.05) is 4.90 Å². The minimum absolute atomic E-state index is 0.212. The molecule has 0 bridgehead atoms. The standard InChI is InChI=1S/C18H12N2O3S/c1-11-7-8-13-12(10-11)20-17-14(23-13)4-2-5-15(17)24(21,22)16-6-3-9-19-18(16)20/h2-10H,1H3. The number of nitrogens with zero attached hydrogens (tertiary/aromatic N) is 2. The normalized spacial score (nSPS) is 15.8. The Bertz CT molecular complexity index is 1120. The molecule has 0 spiro atoms. The number of benzene rings is 2. The van der Waals surface area contributed by atoms with Crippen LogP contribution < -0.4 is 9.64 Å². The molecule has 24 heavy (non-hydrogen) atoms. The second-order valence-electron chi connectivity index (χ2n) is 5.84. The number of pyridine rings is 1. The monoisotopic (exact) mass is 336 g/mol. The summed E-state index contributed by atoms with van der Waals surface area (Å²) < 4.78 is 31.9. The van der Waals surface area contributed by atoms with Crippen molar-refractivity contribution in [2.45, 2.75) is 16.7 Å². The Hall–Kier alpha value is -2.86. The zero-order valence-corrected chi connectivity index (χ0v) is 13.5. The fourth-order valence-corrected chi connectivity index (χ4v) is 4.83. The first-order valence-corrected chi connectivity index (χ1v) is 8.97. The Kier molecular flexibility index (Phi) is 2.46. The Labute approximate surface area is 139 Å². The van der Waals surface area contributed by atoms with E-state index in [1.807, 2.05) is 30.0 Å². The Balaban J connectivity index is 1.95. The summed E-state index contributed by atoms with van der Waals surface area (Å²) in [4.78, 5) is 6.70. The number of hydrogen-bond acceptors (Lipinski definition) is 5. The molecule has 118 valence electrons. The van der Waals surface area contributed by atoms with Crippen LogP contribution in [0.3, 0.4) is 0 Å². The first-order chi connectivity index (χ1) is 11.6. The van der Waals surface area contributed by atoms with Gasteiger partial charge in [-0.15, -0.1) is 0 Å². The third-order valence-electron chi connectivity index (χ3n) is 4.30. The molecule has 0 amide bonds. The molecule has 0 saturated carbocycles. The fourth-order valence-electron chi connectivity index (χ4n) is 3.25. The van der Waals surface area contributed by atoms with Crippen LogP contribution >= 0.6 is 0 Å². The number of para-hydroxylation sites is 1. The molecule has 6 heteroatoms. The van der Waals surface area contributed by atoms with Crippen molar-refractivity contribution in [3.63, 3.8) is 0 Å². The van der Waals surface area contributed by atoms with Gasteiger partial charge in [0, 0.05) is 6.20 Å². The van der Waals surface area contributed by atoms with Gasteiger partial charge in [-0.2, -0.15) is 0 Å². The van der Waals surface area contributed by atoms with Gasteiger partial charge in [0.15, 0.2) is 17.3 Å². The van der Waals surface area contributed by atoms with E-state index in [9.17, 15) is 8.42 Å². The van der Waals surface area contributed by atoms with E-state index in [0.717, 1.165) is 11.3 Å². The maximum atomic E-state index is 13.0.